The first-order valence-corrected chi connectivity index (χ1v) is 5.95. The minimum Gasteiger partial charge on any atom is -0.388 e. The normalized spacial score (nSPS) is 10.8. The van der Waals surface area contributed by atoms with Crippen LogP contribution in [0.4, 0.5) is 4.39 Å². The Kier molecular flexibility index (Phi) is 3.54. The lowest BCUT2D eigenvalue weighted by atomic mass is 10.2. The van der Waals surface area contributed by atoms with Crippen molar-refractivity contribution in [3.8, 4) is 11.4 Å². The van der Waals surface area contributed by atoms with Crippen LogP contribution < -0.4 is 0 Å². The molecule has 2 rings (SSSR count). The Hall–Kier alpha value is -1.27. The summed E-state index contributed by atoms with van der Waals surface area (Å²) in [5.41, 5.74) is 0.377. The zero-order valence-corrected chi connectivity index (χ0v) is 10.8. The predicted molar refractivity (Wildman–Crippen MR) is 64.7 cm³/mol. The van der Waals surface area contributed by atoms with Crippen LogP contribution in [0.15, 0.2) is 22.7 Å². The maximum Gasteiger partial charge on any atom is 0.166 e. The first-order valence-electron chi connectivity index (χ1n) is 5.15. The fourth-order valence-electron chi connectivity index (χ4n) is 1.65. The number of rotatable bonds is 3. The molecule has 0 aliphatic carbocycles. The van der Waals surface area contributed by atoms with E-state index < -0.39 is 0 Å². The molecule has 0 saturated carbocycles. The summed E-state index contributed by atoms with van der Waals surface area (Å²) in [6.45, 7) is 2.26. The summed E-state index contributed by atoms with van der Waals surface area (Å²) in [4.78, 5) is 0. The highest BCUT2D eigenvalue weighted by molar-refractivity contribution is 9.10. The average molecular weight is 300 g/mol. The predicted octanol–water partition coefficient (Wildman–Crippen LogP) is 2.36. The lowest BCUT2D eigenvalue weighted by Crippen LogP contribution is -2.04. The Bertz CT molecular complexity index is 542. The fourth-order valence-corrected chi connectivity index (χ4v) is 1.99. The highest BCUT2D eigenvalue weighted by atomic mass is 79.9. The molecule has 1 heterocycles. The molecule has 6 heteroatoms. The van der Waals surface area contributed by atoms with Crippen molar-refractivity contribution in [2.45, 2.75) is 20.1 Å². The van der Waals surface area contributed by atoms with Crippen LogP contribution in [-0.2, 0) is 13.2 Å². The second-order valence-corrected chi connectivity index (χ2v) is 4.38. The molecule has 0 fully saturated rings. The van der Waals surface area contributed by atoms with Crippen molar-refractivity contribution < 1.29 is 9.50 Å². The van der Waals surface area contributed by atoms with Crippen molar-refractivity contribution in [3.05, 3.63) is 34.3 Å². The summed E-state index contributed by atoms with van der Waals surface area (Å²) in [7, 11) is 0. The van der Waals surface area contributed by atoms with E-state index in [1.807, 2.05) is 6.92 Å². The van der Waals surface area contributed by atoms with Crippen LogP contribution in [0.2, 0.25) is 0 Å². The Labute approximate surface area is 106 Å². The molecule has 0 spiro atoms. The quantitative estimate of drug-likeness (QED) is 0.946. The smallest absolute Gasteiger partial charge is 0.166 e. The van der Waals surface area contributed by atoms with Gasteiger partial charge in [-0.1, -0.05) is 15.9 Å². The monoisotopic (exact) mass is 299 g/mol. The molecular formula is C11H11BrFN3O. The molecule has 0 aliphatic rings. The largest absolute Gasteiger partial charge is 0.388 e. The van der Waals surface area contributed by atoms with Gasteiger partial charge in [0.15, 0.2) is 11.6 Å². The van der Waals surface area contributed by atoms with Crippen LogP contribution in [0.5, 0.6) is 0 Å². The van der Waals surface area contributed by atoms with Gasteiger partial charge in [0.25, 0.3) is 0 Å². The standard InChI is InChI=1S/C11H11BrFN3O/c1-2-16-10(6-17)14-15-11(16)8-4-3-7(12)5-9(8)13/h3-5,17H,2,6H2,1H3. The van der Waals surface area contributed by atoms with E-state index in [1.165, 1.54) is 6.07 Å². The third-order valence-electron chi connectivity index (χ3n) is 2.46. The summed E-state index contributed by atoms with van der Waals surface area (Å²) in [6, 6.07) is 4.76. The van der Waals surface area contributed by atoms with Crippen molar-refractivity contribution in [1.82, 2.24) is 14.8 Å². The van der Waals surface area contributed by atoms with Gasteiger partial charge in [0, 0.05) is 11.0 Å². The molecule has 0 saturated heterocycles. The Morgan fingerprint density at radius 1 is 1.41 bits per heavy atom. The van der Waals surface area contributed by atoms with Gasteiger partial charge in [0.1, 0.15) is 12.4 Å². The third kappa shape index (κ3) is 2.23. The van der Waals surface area contributed by atoms with Crippen LogP contribution in [0, 0.1) is 5.82 Å². The Morgan fingerprint density at radius 3 is 2.76 bits per heavy atom. The molecule has 1 N–H and O–H groups in total. The minimum atomic E-state index is -0.369. The Balaban J connectivity index is 2.56. The van der Waals surface area contributed by atoms with E-state index in [1.54, 1.807) is 16.7 Å². The number of benzene rings is 1. The molecule has 0 aliphatic heterocycles. The van der Waals surface area contributed by atoms with Gasteiger partial charge in [-0.25, -0.2) is 4.39 Å². The van der Waals surface area contributed by atoms with Crippen molar-refractivity contribution in [2.24, 2.45) is 0 Å². The van der Waals surface area contributed by atoms with Gasteiger partial charge in [-0.15, -0.1) is 10.2 Å². The van der Waals surface area contributed by atoms with Crippen molar-refractivity contribution in [3.63, 3.8) is 0 Å². The number of aromatic nitrogens is 3. The molecule has 1 aromatic heterocycles. The molecule has 0 unspecified atom stereocenters. The van der Waals surface area contributed by atoms with Gasteiger partial charge in [-0.3, -0.25) is 0 Å². The van der Waals surface area contributed by atoms with Gasteiger partial charge in [-0.2, -0.15) is 0 Å². The van der Waals surface area contributed by atoms with E-state index in [9.17, 15) is 4.39 Å². The van der Waals surface area contributed by atoms with Crippen molar-refractivity contribution in [2.75, 3.05) is 0 Å². The van der Waals surface area contributed by atoms with E-state index in [2.05, 4.69) is 26.1 Å². The highest BCUT2D eigenvalue weighted by Crippen LogP contribution is 2.24. The van der Waals surface area contributed by atoms with E-state index >= 15 is 0 Å². The molecule has 2 aromatic rings. The van der Waals surface area contributed by atoms with Crippen LogP contribution in [0.25, 0.3) is 11.4 Å². The molecule has 1 aromatic carbocycles. The van der Waals surface area contributed by atoms with Gasteiger partial charge < -0.3 is 9.67 Å². The highest BCUT2D eigenvalue weighted by Gasteiger charge is 2.15. The zero-order valence-electron chi connectivity index (χ0n) is 9.19. The van der Waals surface area contributed by atoms with Crippen molar-refractivity contribution >= 4 is 15.9 Å². The summed E-state index contributed by atoms with van der Waals surface area (Å²) in [5.74, 6) is 0.498. The molecule has 0 bridgehead atoms. The first kappa shape index (κ1) is 12.2. The molecule has 17 heavy (non-hydrogen) atoms. The fraction of sp³-hybridized carbons (Fsp3) is 0.273. The second kappa shape index (κ2) is 4.93. The zero-order chi connectivity index (χ0) is 12.4. The molecular weight excluding hydrogens is 289 g/mol. The van der Waals surface area contributed by atoms with Crippen LogP contribution in [-0.4, -0.2) is 19.9 Å². The van der Waals surface area contributed by atoms with Crippen LogP contribution >= 0.6 is 15.9 Å². The topological polar surface area (TPSA) is 50.9 Å². The molecule has 0 amide bonds. The number of nitrogens with zero attached hydrogens (tertiary/aromatic N) is 3. The van der Waals surface area contributed by atoms with E-state index in [-0.39, 0.29) is 12.4 Å². The second-order valence-electron chi connectivity index (χ2n) is 3.47. The van der Waals surface area contributed by atoms with Crippen LogP contribution in [0.3, 0.4) is 0 Å². The summed E-state index contributed by atoms with van der Waals surface area (Å²) < 4.78 is 16.1. The number of aliphatic hydroxyl groups is 1. The maximum atomic E-state index is 13.8. The minimum absolute atomic E-state index is 0.209. The Morgan fingerprint density at radius 2 is 2.18 bits per heavy atom. The van der Waals surface area contributed by atoms with Crippen LogP contribution in [0.1, 0.15) is 12.7 Å². The lowest BCUT2D eigenvalue weighted by molar-refractivity contribution is 0.265. The van der Waals surface area contributed by atoms with Crippen molar-refractivity contribution in [1.29, 1.82) is 0 Å². The third-order valence-corrected chi connectivity index (χ3v) is 2.95. The van der Waals surface area contributed by atoms with Gasteiger partial charge >= 0.3 is 0 Å². The number of hydrogen-bond acceptors (Lipinski definition) is 3. The van der Waals surface area contributed by atoms with E-state index in [0.717, 1.165) is 0 Å². The number of aliphatic hydroxyl groups excluding tert-OH is 1. The van der Waals surface area contributed by atoms with Gasteiger partial charge in [-0.05, 0) is 25.1 Å². The number of hydrogen-bond donors (Lipinski definition) is 1. The molecule has 0 radical (unpaired) electrons. The molecule has 90 valence electrons. The number of halogens is 2. The summed E-state index contributed by atoms with van der Waals surface area (Å²) in [5, 5.41) is 16.8. The lowest BCUT2D eigenvalue weighted by Gasteiger charge is -2.07. The van der Waals surface area contributed by atoms with Gasteiger partial charge in [0.05, 0.1) is 5.56 Å². The molecule has 0 atom stereocenters. The van der Waals surface area contributed by atoms with E-state index in [4.69, 9.17) is 5.11 Å². The molecule has 4 nitrogen and oxygen atoms in total. The SMILES string of the molecule is CCn1c(CO)nnc1-c1ccc(Br)cc1F. The summed E-state index contributed by atoms with van der Waals surface area (Å²) in [6.07, 6.45) is 0. The average Bonchev–Trinajstić information content (AvgIpc) is 2.71. The van der Waals surface area contributed by atoms with E-state index in [0.29, 0.717) is 28.2 Å². The maximum absolute atomic E-state index is 13.8. The van der Waals surface area contributed by atoms with Gasteiger partial charge in [0.2, 0.25) is 0 Å². The first-order chi connectivity index (χ1) is 8.17. The summed E-state index contributed by atoms with van der Waals surface area (Å²) >= 11 is 3.20.